The monoisotopic (exact) mass is 1180 g/mol. The zero-order chi connectivity index (χ0) is 58.3. The van der Waals surface area contributed by atoms with E-state index in [4.69, 9.17) is 77.8 Å². The van der Waals surface area contributed by atoms with Crippen LogP contribution < -0.4 is 11.5 Å². The average molecular weight is 1180 g/mol. The highest BCUT2D eigenvalue weighted by molar-refractivity contribution is 5.76. The molecule has 0 saturated carbocycles. The van der Waals surface area contributed by atoms with Gasteiger partial charge in [-0.2, -0.15) is 0 Å². The van der Waals surface area contributed by atoms with Crippen molar-refractivity contribution in [2.24, 2.45) is 16.5 Å². The molecule has 21 saturated heterocycles. The fourth-order valence-electron chi connectivity index (χ4n) is 10.7. The first-order valence-corrected chi connectivity index (χ1v) is 25.4. The number of hydrogen-bond donors (Lipinski definition) is 22. The van der Waals surface area contributed by atoms with Crippen molar-refractivity contribution in [2.75, 3.05) is 46.2 Å². The van der Waals surface area contributed by atoms with Crippen LogP contribution in [-0.2, 0) is 66.3 Å². The van der Waals surface area contributed by atoms with Crippen molar-refractivity contribution in [2.45, 2.75) is 215 Å². The van der Waals surface area contributed by atoms with E-state index in [0.29, 0.717) is 0 Å². The molecule has 37 nitrogen and oxygen atoms in total. The van der Waals surface area contributed by atoms with E-state index in [2.05, 4.69) is 4.99 Å². The van der Waals surface area contributed by atoms with Gasteiger partial charge < -0.3 is 180 Å². The molecule has 21 aliphatic rings. The molecular formula is C43H73N3O34. The standard InChI is InChI=1S/C43H73N3O34/c44-43(45)46-15-16(54)36-67-8(1-47)29(15)74-37-23(61)17(55)31(10(3-49)68-37)76-39-25(63)19(57)33(12(5-51)70-39)78-41-27(65)21(59)35(14(7-53)72-41)80-42-28(66)22(60)34(13(6-52)73-42)79-40-26(64)20(58)32(11(4-50)71-40)77-38-24(62)18(56)30(75-36)9(2-48)69-38/h8-42,47-66H,1-7H2,(H4,44,45,46)/t8-,9-,10-,11-,12-,13-,14-,15+,16+,17-,18-,19-,20-,21-,22-,23-,24-,25-,26-,27-,28-,29-,30-,31-,32-,33-,34-,35-,36-,37-,38-,39-,40-,41-,42-/m1/s1. The summed E-state index contributed by atoms with van der Waals surface area (Å²) in [7, 11) is 0. The number of hydrogen-bond acceptors (Lipinski definition) is 35. The van der Waals surface area contributed by atoms with Crippen LogP contribution in [0.1, 0.15) is 0 Å². The zero-order valence-corrected chi connectivity index (χ0v) is 41.9. The largest absolute Gasteiger partial charge is 0.394 e. The maximum atomic E-state index is 11.7. The molecular weight excluding hydrogens is 1100 g/mol. The third-order valence-electron chi connectivity index (χ3n) is 15.1. The lowest BCUT2D eigenvalue weighted by atomic mass is 9.94. The number of guanidine groups is 1. The first kappa shape index (κ1) is 63.9. The van der Waals surface area contributed by atoms with Crippen molar-refractivity contribution in [3.8, 4) is 0 Å². The predicted octanol–water partition coefficient (Wildman–Crippen LogP) is -15.9. The molecule has 21 heterocycles. The third-order valence-corrected chi connectivity index (χ3v) is 15.1. The normalized spacial score (nSPS) is 53.6. The van der Waals surface area contributed by atoms with Crippen molar-refractivity contribution in [3.63, 3.8) is 0 Å². The summed E-state index contributed by atoms with van der Waals surface area (Å²) in [6, 6.07) is -1.79. The van der Waals surface area contributed by atoms with Gasteiger partial charge >= 0.3 is 0 Å². The Labute approximate surface area is 451 Å². The number of nitrogens with two attached hydrogens (primary N) is 2. The van der Waals surface area contributed by atoms with Crippen LogP contribution in [0.5, 0.6) is 0 Å². The maximum absolute atomic E-state index is 11.7. The molecule has 0 aromatic heterocycles. The van der Waals surface area contributed by atoms with Crippen molar-refractivity contribution < 1.29 is 168 Å². The maximum Gasteiger partial charge on any atom is 0.187 e. The summed E-state index contributed by atoms with van der Waals surface area (Å²) in [6.07, 6.45) is -68.0. The van der Waals surface area contributed by atoms with Crippen molar-refractivity contribution >= 4 is 5.96 Å². The Bertz CT molecular complexity index is 1960. The Morgan fingerprint density at radius 1 is 0.237 bits per heavy atom. The first-order chi connectivity index (χ1) is 38.0. The smallest absolute Gasteiger partial charge is 0.187 e. The van der Waals surface area contributed by atoms with E-state index in [-0.39, 0.29) is 0 Å². The molecule has 80 heavy (non-hydrogen) atoms. The third kappa shape index (κ3) is 12.6. The number of ether oxygens (including phenoxy) is 14. The van der Waals surface area contributed by atoms with Crippen LogP contribution >= 0.6 is 0 Å². The summed E-state index contributed by atoms with van der Waals surface area (Å²) in [5.41, 5.74) is 11.4. The zero-order valence-electron chi connectivity index (χ0n) is 41.9. The number of aliphatic imine (C=N–C) groups is 1. The molecule has 21 fully saturated rings. The Kier molecular flexibility index (Phi) is 21.6. The molecule has 24 N–H and O–H groups in total. The lowest BCUT2D eigenvalue weighted by Gasteiger charge is -2.50. The fraction of sp³-hybridized carbons (Fsp3) is 0.977. The predicted molar refractivity (Wildman–Crippen MR) is 242 cm³/mol. The van der Waals surface area contributed by atoms with Crippen molar-refractivity contribution in [3.05, 3.63) is 0 Å². The Hall–Kier alpha value is -2.09. The van der Waals surface area contributed by atoms with Crippen LogP contribution in [0.15, 0.2) is 4.99 Å². The van der Waals surface area contributed by atoms with Gasteiger partial charge in [0.1, 0.15) is 171 Å². The Morgan fingerprint density at radius 3 is 0.575 bits per heavy atom. The fourth-order valence-corrected chi connectivity index (χ4v) is 10.7. The molecule has 0 aromatic carbocycles. The topological polar surface area (TPSA) is 598 Å². The highest BCUT2D eigenvalue weighted by atomic mass is 16.8. The highest BCUT2D eigenvalue weighted by Gasteiger charge is 2.59. The molecule has 0 spiro atoms. The summed E-state index contributed by atoms with van der Waals surface area (Å²) < 4.78 is 80.4. The summed E-state index contributed by atoms with van der Waals surface area (Å²) in [5.74, 6) is -0.717. The molecule has 0 unspecified atom stereocenters. The molecule has 35 atom stereocenters. The van der Waals surface area contributed by atoms with Gasteiger partial charge in [-0.1, -0.05) is 0 Å². The van der Waals surface area contributed by atoms with Gasteiger partial charge in [0, 0.05) is 0 Å². The van der Waals surface area contributed by atoms with Gasteiger partial charge in [-0.15, -0.1) is 0 Å². The van der Waals surface area contributed by atoms with Crippen LogP contribution in [0.25, 0.3) is 0 Å². The van der Waals surface area contributed by atoms with Crippen LogP contribution in [-0.4, -0.2) is 369 Å². The minimum Gasteiger partial charge on any atom is -0.394 e. The molecule has 37 heteroatoms. The second-order valence-electron chi connectivity index (χ2n) is 20.2. The Balaban J connectivity index is 1.10. The van der Waals surface area contributed by atoms with Gasteiger partial charge in [0.05, 0.1) is 46.2 Å². The first-order valence-electron chi connectivity index (χ1n) is 25.4. The van der Waals surface area contributed by atoms with Crippen LogP contribution in [0.4, 0.5) is 0 Å². The van der Waals surface area contributed by atoms with Gasteiger partial charge in [0.2, 0.25) is 0 Å². The van der Waals surface area contributed by atoms with Crippen LogP contribution in [0, 0.1) is 0 Å². The quantitative estimate of drug-likeness (QED) is 0.0793. The second kappa shape index (κ2) is 27.1. The lowest BCUT2D eigenvalue weighted by molar-refractivity contribution is -0.396. The Morgan fingerprint density at radius 2 is 0.400 bits per heavy atom. The summed E-state index contributed by atoms with van der Waals surface area (Å²) in [4.78, 5) is 3.97. The van der Waals surface area contributed by atoms with Crippen molar-refractivity contribution in [1.29, 1.82) is 0 Å². The minimum atomic E-state index is -2.22. The van der Waals surface area contributed by atoms with E-state index in [1.807, 2.05) is 0 Å². The molecule has 14 bridgehead atoms. The highest BCUT2D eigenvalue weighted by Crippen LogP contribution is 2.39. The minimum absolute atomic E-state index is 0.717. The van der Waals surface area contributed by atoms with Gasteiger partial charge in [0.25, 0.3) is 0 Å². The molecule has 0 aromatic rings. The van der Waals surface area contributed by atoms with Gasteiger partial charge in [-0.3, -0.25) is 0 Å². The molecule has 0 aliphatic carbocycles. The summed E-state index contributed by atoms with van der Waals surface area (Å²) in [5, 5.41) is 221. The molecule has 0 amide bonds. The number of rotatable bonds is 8. The van der Waals surface area contributed by atoms with E-state index in [0.717, 1.165) is 0 Å². The molecule has 21 aliphatic heterocycles. The van der Waals surface area contributed by atoms with Gasteiger partial charge in [-0.25, -0.2) is 4.99 Å². The van der Waals surface area contributed by atoms with E-state index >= 15 is 0 Å². The van der Waals surface area contributed by atoms with E-state index in [9.17, 15) is 102 Å². The van der Waals surface area contributed by atoms with Crippen LogP contribution in [0.2, 0.25) is 0 Å². The van der Waals surface area contributed by atoms with E-state index in [1.54, 1.807) is 0 Å². The van der Waals surface area contributed by atoms with E-state index in [1.165, 1.54) is 0 Å². The SMILES string of the molecule is NC(N)=N[C@H]1[C@H](O)[C@H]2O[C@H]3[C@H](O)[C@@H](O)[C@@H](O[C@H]4[C@H](O)[C@@H](O)[C@@H](O[C@H]5[C@H](O)[C@@H](O)[C@@H](O[C@H]6[C@H](O)[C@@H](O)[C@@H](O[C@H]7[C@H](O)[C@@H](O)[C@@H](O[C@H]8[C@H](O)[C@@H](O)[C@@H](O[C@@H]1[C@@H](CO)O2)O[C@@H]8CO)O[C@@H]7CO)O[C@@H]6CO)O[C@@H]5CO)O[C@@H]4CO)O[C@@H]3CO. The van der Waals surface area contributed by atoms with Crippen molar-refractivity contribution in [1.82, 2.24) is 0 Å². The van der Waals surface area contributed by atoms with Gasteiger partial charge in [0.15, 0.2) is 50.0 Å². The number of nitrogens with zero attached hydrogens (tertiary/aromatic N) is 1. The summed E-state index contributed by atoms with van der Waals surface area (Å²) in [6.45, 7) is -7.34. The molecule has 21 rings (SSSR count). The average Bonchev–Trinajstić information content (AvgIpc) is 3.50. The number of aliphatic hydroxyl groups excluding tert-OH is 20. The summed E-state index contributed by atoms with van der Waals surface area (Å²) >= 11 is 0. The molecule has 464 valence electrons. The van der Waals surface area contributed by atoms with Crippen LogP contribution in [0.3, 0.4) is 0 Å². The van der Waals surface area contributed by atoms with E-state index < -0.39 is 267 Å². The molecule has 0 radical (unpaired) electrons. The number of aliphatic hydroxyl groups is 20. The van der Waals surface area contributed by atoms with Gasteiger partial charge in [-0.05, 0) is 0 Å². The lowest BCUT2D eigenvalue weighted by Crippen LogP contribution is -2.68. The second-order valence-corrected chi connectivity index (χ2v) is 20.2.